The topological polar surface area (TPSA) is 55.4 Å². The van der Waals surface area contributed by atoms with Crippen molar-refractivity contribution in [2.75, 3.05) is 0 Å². The Bertz CT molecular complexity index is 285. The first-order valence-electron chi connectivity index (χ1n) is 5.44. The Morgan fingerprint density at radius 2 is 2.12 bits per heavy atom. The first-order chi connectivity index (χ1) is 7.28. The lowest BCUT2D eigenvalue weighted by atomic mass is 9.94. The molecule has 0 aliphatic heterocycles. The zero-order valence-electron chi connectivity index (χ0n) is 9.88. The Kier molecular flexibility index (Phi) is 4.35. The zero-order valence-corrected chi connectivity index (χ0v) is 11.5. The van der Waals surface area contributed by atoms with E-state index in [0.29, 0.717) is 19.3 Å². The second kappa shape index (κ2) is 5.17. The van der Waals surface area contributed by atoms with E-state index < -0.39 is 11.7 Å². The standard InChI is InChI=1S/C11H18BrNO3/c1-11(2,3)16-10(15)13-7-4-5-9(14)8(12)6-7/h7-8H,4-6H2,1-3H3,(H,13,15)/t7-,8-/m0/s1. The number of amides is 1. The molecule has 2 atom stereocenters. The molecule has 5 heteroatoms. The van der Waals surface area contributed by atoms with Crippen molar-refractivity contribution in [1.82, 2.24) is 5.32 Å². The van der Waals surface area contributed by atoms with Crippen molar-refractivity contribution in [3.05, 3.63) is 0 Å². The van der Waals surface area contributed by atoms with E-state index in [2.05, 4.69) is 21.2 Å². The maximum Gasteiger partial charge on any atom is 0.407 e. The van der Waals surface area contributed by atoms with Crippen LogP contribution in [0.4, 0.5) is 4.79 Å². The number of carbonyl (C=O) groups is 2. The van der Waals surface area contributed by atoms with Crippen molar-refractivity contribution in [2.24, 2.45) is 0 Å². The van der Waals surface area contributed by atoms with E-state index in [-0.39, 0.29) is 16.7 Å². The predicted octanol–water partition coefficient (Wildman–Crippen LogP) is 2.40. The van der Waals surface area contributed by atoms with Crippen molar-refractivity contribution in [1.29, 1.82) is 0 Å². The second-order valence-corrected chi connectivity index (χ2v) is 6.16. The van der Waals surface area contributed by atoms with Crippen LogP contribution in [0, 0.1) is 0 Å². The minimum Gasteiger partial charge on any atom is -0.444 e. The molecule has 16 heavy (non-hydrogen) atoms. The molecule has 4 nitrogen and oxygen atoms in total. The van der Waals surface area contributed by atoms with Gasteiger partial charge in [0.15, 0.2) is 0 Å². The summed E-state index contributed by atoms with van der Waals surface area (Å²) in [6.45, 7) is 5.47. The third-order valence-electron chi connectivity index (χ3n) is 2.30. The molecule has 0 unspecified atom stereocenters. The van der Waals surface area contributed by atoms with Crippen molar-refractivity contribution in [3.63, 3.8) is 0 Å². The molecule has 1 amide bonds. The quantitative estimate of drug-likeness (QED) is 0.755. The van der Waals surface area contributed by atoms with Gasteiger partial charge in [0.2, 0.25) is 0 Å². The number of alkyl carbamates (subject to hydrolysis) is 1. The summed E-state index contributed by atoms with van der Waals surface area (Å²) < 4.78 is 5.15. The minimum atomic E-state index is -0.484. The average Bonchev–Trinajstić information content (AvgIpc) is 2.08. The number of halogens is 1. The van der Waals surface area contributed by atoms with Crippen LogP contribution in [0.2, 0.25) is 0 Å². The lowest BCUT2D eigenvalue weighted by Gasteiger charge is -2.27. The Morgan fingerprint density at radius 3 is 2.62 bits per heavy atom. The summed E-state index contributed by atoms with van der Waals surface area (Å²) in [6.07, 6.45) is 1.43. The number of ether oxygens (including phenoxy) is 1. The van der Waals surface area contributed by atoms with E-state index in [1.54, 1.807) is 0 Å². The second-order valence-electron chi connectivity index (χ2n) is 5.05. The Labute approximate surface area is 104 Å². The van der Waals surface area contributed by atoms with Crippen LogP contribution in [-0.2, 0) is 9.53 Å². The van der Waals surface area contributed by atoms with Crippen LogP contribution in [-0.4, -0.2) is 28.3 Å². The average molecular weight is 292 g/mol. The lowest BCUT2D eigenvalue weighted by Crippen LogP contribution is -2.43. The third-order valence-corrected chi connectivity index (χ3v) is 3.19. The molecule has 1 saturated carbocycles. The highest BCUT2D eigenvalue weighted by molar-refractivity contribution is 9.10. The summed E-state index contributed by atoms with van der Waals surface area (Å²) in [7, 11) is 0. The molecule has 0 spiro atoms. The van der Waals surface area contributed by atoms with E-state index in [1.807, 2.05) is 20.8 Å². The maximum atomic E-state index is 11.5. The van der Waals surface area contributed by atoms with Gasteiger partial charge in [-0.1, -0.05) is 15.9 Å². The van der Waals surface area contributed by atoms with Crippen LogP contribution in [0.15, 0.2) is 0 Å². The van der Waals surface area contributed by atoms with Crippen molar-refractivity contribution >= 4 is 27.8 Å². The highest BCUT2D eigenvalue weighted by Gasteiger charge is 2.28. The molecular weight excluding hydrogens is 274 g/mol. The molecule has 1 N–H and O–H groups in total. The summed E-state index contributed by atoms with van der Waals surface area (Å²) in [5.41, 5.74) is -0.484. The molecule has 1 aliphatic rings. The summed E-state index contributed by atoms with van der Waals surface area (Å²) in [5, 5.41) is 2.78. The lowest BCUT2D eigenvalue weighted by molar-refractivity contribution is -0.119. The molecule has 0 radical (unpaired) electrons. The van der Waals surface area contributed by atoms with Gasteiger partial charge in [-0.15, -0.1) is 0 Å². The van der Waals surface area contributed by atoms with Gasteiger partial charge >= 0.3 is 6.09 Å². The Morgan fingerprint density at radius 1 is 1.50 bits per heavy atom. The van der Waals surface area contributed by atoms with Crippen LogP contribution in [0.25, 0.3) is 0 Å². The fourth-order valence-corrected chi connectivity index (χ4v) is 2.26. The first-order valence-corrected chi connectivity index (χ1v) is 6.36. The highest BCUT2D eigenvalue weighted by atomic mass is 79.9. The van der Waals surface area contributed by atoms with Gasteiger partial charge in [-0.25, -0.2) is 4.79 Å². The third kappa shape index (κ3) is 4.51. The molecule has 0 aromatic heterocycles. The Hall–Kier alpha value is -0.580. The molecule has 0 bridgehead atoms. The van der Waals surface area contributed by atoms with Crippen molar-refractivity contribution in [3.8, 4) is 0 Å². The normalized spacial score (nSPS) is 26.4. The van der Waals surface area contributed by atoms with Gasteiger partial charge in [0, 0.05) is 12.5 Å². The maximum absolute atomic E-state index is 11.5. The number of ketones is 1. The van der Waals surface area contributed by atoms with Crippen LogP contribution in [0.5, 0.6) is 0 Å². The highest BCUT2D eigenvalue weighted by Crippen LogP contribution is 2.21. The summed E-state index contributed by atoms with van der Waals surface area (Å²) in [6, 6.07) is 0.0249. The van der Waals surface area contributed by atoms with Crippen LogP contribution in [0.3, 0.4) is 0 Å². The SMILES string of the molecule is CC(C)(C)OC(=O)N[C@H]1CCC(=O)[C@@H](Br)C1. The molecule has 1 rings (SSSR count). The number of nitrogens with one attached hydrogen (secondary N) is 1. The minimum absolute atomic E-state index is 0.0249. The van der Waals surface area contributed by atoms with E-state index >= 15 is 0 Å². The number of hydrogen-bond acceptors (Lipinski definition) is 3. The number of hydrogen-bond donors (Lipinski definition) is 1. The van der Waals surface area contributed by atoms with Gasteiger partial charge in [-0.05, 0) is 33.6 Å². The molecule has 92 valence electrons. The monoisotopic (exact) mass is 291 g/mol. The summed E-state index contributed by atoms with van der Waals surface area (Å²) in [4.78, 5) is 22.6. The molecule has 0 heterocycles. The van der Waals surface area contributed by atoms with Gasteiger partial charge in [0.25, 0.3) is 0 Å². The smallest absolute Gasteiger partial charge is 0.407 e. The zero-order chi connectivity index (χ0) is 12.3. The van der Waals surface area contributed by atoms with Gasteiger partial charge in [-0.2, -0.15) is 0 Å². The molecule has 1 fully saturated rings. The number of rotatable bonds is 1. The number of carbonyl (C=O) groups excluding carboxylic acids is 2. The molecule has 0 aromatic rings. The predicted molar refractivity (Wildman–Crippen MR) is 64.7 cm³/mol. The van der Waals surface area contributed by atoms with Gasteiger partial charge in [0.05, 0.1) is 4.83 Å². The molecule has 0 aromatic carbocycles. The van der Waals surface area contributed by atoms with Crippen LogP contribution in [0.1, 0.15) is 40.0 Å². The van der Waals surface area contributed by atoms with Crippen LogP contribution < -0.4 is 5.32 Å². The number of Topliss-reactive ketones (excluding diaryl/α,β-unsaturated/α-hetero) is 1. The molecular formula is C11H18BrNO3. The fraction of sp³-hybridized carbons (Fsp3) is 0.818. The molecule has 0 saturated heterocycles. The van der Waals surface area contributed by atoms with Gasteiger partial charge < -0.3 is 10.1 Å². The van der Waals surface area contributed by atoms with E-state index in [0.717, 1.165) is 0 Å². The largest absolute Gasteiger partial charge is 0.444 e. The number of alkyl halides is 1. The van der Waals surface area contributed by atoms with Crippen molar-refractivity contribution in [2.45, 2.75) is 56.5 Å². The summed E-state index contributed by atoms with van der Waals surface area (Å²) in [5.74, 6) is 0.210. The van der Waals surface area contributed by atoms with Crippen LogP contribution >= 0.6 is 15.9 Å². The van der Waals surface area contributed by atoms with E-state index in [4.69, 9.17) is 4.74 Å². The van der Waals surface area contributed by atoms with E-state index in [1.165, 1.54) is 0 Å². The van der Waals surface area contributed by atoms with Gasteiger partial charge in [0.1, 0.15) is 11.4 Å². The molecule has 1 aliphatic carbocycles. The first kappa shape index (κ1) is 13.5. The fourth-order valence-electron chi connectivity index (χ4n) is 1.58. The van der Waals surface area contributed by atoms with Crippen molar-refractivity contribution < 1.29 is 14.3 Å². The Balaban J connectivity index is 2.38. The van der Waals surface area contributed by atoms with Gasteiger partial charge in [-0.3, -0.25) is 4.79 Å². The summed E-state index contributed by atoms with van der Waals surface area (Å²) >= 11 is 3.30. The van der Waals surface area contributed by atoms with E-state index in [9.17, 15) is 9.59 Å².